The summed E-state index contributed by atoms with van der Waals surface area (Å²) in [6.07, 6.45) is 2.13. The van der Waals surface area contributed by atoms with Crippen molar-refractivity contribution in [3.8, 4) is 33.6 Å². The number of furan rings is 1. The fourth-order valence-corrected chi connectivity index (χ4v) is 8.22. The average molecular weight is 941 g/mol. The molecule has 1 unspecified atom stereocenters. The van der Waals surface area contributed by atoms with E-state index in [0.717, 1.165) is 55.4 Å². The van der Waals surface area contributed by atoms with Crippen molar-refractivity contribution in [2.45, 2.75) is 99.6 Å². The first-order valence-corrected chi connectivity index (χ1v) is 22.8. The van der Waals surface area contributed by atoms with E-state index in [9.17, 15) is 0 Å². The van der Waals surface area contributed by atoms with Crippen LogP contribution < -0.4 is 5.19 Å². The molecule has 0 saturated carbocycles. The normalized spacial score (nSPS) is 15.1. The van der Waals surface area contributed by atoms with Crippen LogP contribution >= 0.6 is 0 Å². The van der Waals surface area contributed by atoms with Gasteiger partial charge in [0.15, 0.2) is 0 Å². The minimum atomic E-state index is -2.13. The third-order valence-electron chi connectivity index (χ3n) is 10.1. The molecule has 0 aliphatic rings. The van der Waals surface area contributed by atoms with Crippen molar-refractivity contribution in [2.75, 3.05) is 0 Å². The molecule has 7 rings (SSSR count). The predicted molar refractivity (Wildman–Crippen MR) is 238 cm³/mol. The van der Waals surface area contributed by atoms with Gasteiger partial charge in [0.2, 0.25) is 0 Å². The summed E-state index contributed by atoms with van der Waals surface area (Å²) in [5, 5.41) is 3.24. The maximum Gasteiger partial charge on any atom is 0.121 e. The Balaban J connectivity index is 0.000000241. The largest absolute Gasteiger partial charge is 0.501 e. The molecule has 0 fully saturated rings. The van der Waals surface area contributed by atoms with Gasteiger partial charge in [-0.25, -0.2) is 0 Å². The van der Waals surface area contributed by atoms with Gasteiger partial charge in [-0.1, -0.05) is 152 Å². The molecule has 3 aromatic heterocycles. The zero-order chi connectivity index (χ0) is 44.9. The summed E-state index contributed by atoms with van der Waals surface area (Å²) in [4.78, 5) is 9.16. The molecule has 0 aliphatic carbocycles. The van der Waals surface area contributed by atoms with Gasteiger partial charge in [-0.15, -0.1) is 53.6 Å². The van der Waals surface area contributed by atoms with E-state index in [-0.39, 0.29) is 42.9 Å². The Bertz CT molecular complexity index is 2650. The van der Waals surface area contributed by atoms with E-state index >= 15 is 0 Å². The van der Waals surface area contributed by atoms with Crippen molar-refractivity contribution < 1.29 is 32.7 Å². The molecular formula is C51H58IrN2OSi-2. The molecule has 293 valence electrons. The second-order valence-electron chi connectivity index (χ2n) is 17.2. The first-order chi connectivity index (χ1) is 28.3. The van der Waals surface area contributed by atoms with E-state index in [0.29, 0.717) is 11.3 Å². The van der Waals surface area contributed by atoms with Gasteiger partial charge >= 0.3 is 0 Å². The summed E-state index contributed by atoms with van der Waals surface area (Å²) < 4.78 is 54.7. The molecular weight excluding hydrogens is 877 g/mol. The van der Waals surface area contributed by atoms with Gasteiger partial charge in [-0.2, -0.15) is 0 Å². The van der Waals surface area contributed by atoms with Crippen LogP contribution in [0.25, 0.3) is 55.6 Å². The summed E-state index contributed by atoms with van der Waals surface area (Å²) in [7, 11) is -1.66. The maximum absolute atomic E-state index is 8.93. The van der Waals surface area contributed by atoms with Gasteiger partial charge < -0.3 is 14.4 Å². The minimum Gasteiger partial charge on any atom is -0.501 e. The van der Waals surface area contributed by atoms with Gasteiger partial charge in [-0.3, -0.25) is 0 Å². The van der Waals surface area contributed by atoms with E-state index in [2.05, 4.69) is 119 Å². The van der Waals surface area contributed by atoms with Crippen LogP contribution in [0.3, 0.4) is 0 Å². The molecule has 3 heterocycles. The molecule has 0 amide bonds. The maximum atomic E-state index is 8.93. The van der Waals surface area contributed by atoms with E-state index in [1.807, 2.05) is 51.2 Å². The molecule has 0 saturated heterocycles. The van der Waals surface area contributed by atoms with Crippen LogP contribution in [0.2, 0.25) is 19.6 Å². The van der Waals surface area contributed by atoms with Crippen LogP contribution in [-0.2, 0) is 31.9 Å². The van der Waals surface area contributed by atoms with Gasteiger partial charge in [0, 0.05) is 46.1 Å². The third-order valence-corrected chi connectivity index (χ3v) is 12.1. The van der Waals surface area contributed by atoms with Gasteiger partial charge in [0.25, 0.3) is 0 Å². The number of rotatable bonds is 8. The standard InChI is InChI=1S/C31H30NO.C20H28NSi.Ir/c1-20(2)17-21-15-16-32-28(18-21)27-8-6-7-26-25-14-11-23(19-29(25)33-30(26)27)22-9-12-24(13-10-22)31(3,4)5;1-14(2)16(4)18-12-19(17-10-8-15(3)9-11-17)21-13-20(18)22(5,6)7;/h6-7,9-16,18-20H,17H2,1-5H3;8-10,12-14,16H,1-7H3;/q2*-1;/i17D2;3D3,16D;. The van der Waals surface area contributed by atoms with E-state index in [1.54, 1.807) is 24.4 Å². The van der Waals surface area contributed by atoms with Crippen molar-refractivity contribution in [1.29, 1.82) is 0 Å². The number of hydrogen-bond donors (Lipinski definition) is 0. The summed E-state index contributed by atoms with van der Waals surface area (Å²) >= 11 is 0. The number of aromatic nitrogens is 2. The van der Waals surface area contributed by atoms with E-state index in [1.165, 1.54) is 16.8 Å². The number of pyridine rings is 2. The molecule has 4 aromatic carbocycles. The summed E-state index contributed by atoms with van der Waals surface area (Å²) in [5.41, 5.74) is 10.0. The van der Waals surface area contributed by atoms with Crippen molar-refractivity contribution in [1.82, 2.24) is 9.97 Å². The van der Waals surface area contributed by atoms with Gasteiger partial charge in [0.1, 0.15) is 5.58 Å². The van der Waals surface area contributed by atoms with Crippen molar-refractivity contribution in [2.24, 2.45) is 11.8 Å². The van der Waals surface area contributed by atoms with Crippen LogP contribution in [0.4, 0.5) is 0 Å². The number of nitrogens with zero attached hydrogens (tertiary/aromatic N) is 2. The average Bonchev–Trinajstić information content (AvgIpc) is 3.58. The first-order valence-electron chi connectivity index (χ1n) is 22.3. The molecule has 5 heteroatoms. The Kier molecular flexibility index (Phi) is 11.0. The zero-order valence-corrected chi connectivity index (χ0v) is 38.0. The molecule has 7 aromatic rings. The predicted octanol–water partition coefficient (Wildman–Crippen LogP) is 13.8. The Morgan fingerprint density at radius 3 is 2.18 bits per heavy atom. The minimum absolute atomic E-state index is 0. The topological polar surface area (TPSA) is 38.9 Å². The molecule has 1 radical (unpaired) electrons. The molecule has 1 atom stereocenters. The van der Waals surface area contributed by atoms with Gasteiger partial charge in [-0.05, 0) is 74.9 Å². The smallest absolute Gasteiger partial charge is 0.121 e. The number of benzene rings is 4. The first kappa shape index (κ1) is 35.0. The van der Waals surface area contributed by atoms with E-state index in [4.69, 9.17) is 12.6 Å². The zero-order valence-electron chi connectivity index (χ0n) is 40.6. The van der Waals surface area contributed by atoms with Crippen LogP contribution in [-0.4, -0.2) is 18.0 Å². The Morgan fingerprint density at radius 2 is 1.55 bits per heavy atom. The summed E-state index contributed by atoms with van der Waals surface area (Å²) in [5.74, 6) is -0.708. The summed E-state index contributed by atoms with van der Waals surface area (Å²) in [6, 6.07) is 35.7. The Morgan fingerprint density at radius 1 is 0.821 bits per heavy atom. The second-order valence-corrected chi connectivity index (χ2v) is 22.2. The Hall–Kier alpha value is -4.15. The molecule has 0 bridgehead atoms. The fraction of sp³-hybridized carbons (Fsp3) is 0.333. The third kappa shape index (κ3) is 9.86. The molecule has 56 heavy (non-hydrogen) atoms. The van der Waals surface area contributed by atoms with Gasteiger partial charge in [0.05, 0.1) is 13.7 Å². The number of aryl methyl sites for hydroxylation is 1. The monoisotopic (exact) mass is 941 g/mol. The number of hydrogen-bond acceptors (Lipinski definition) is 3. The van der Waals surface area contributed by atoms with Crippen molar-refractivity contribution in [3.63, 3.8) is 0 Å². The van der Waals surface area contributed by atoms with Crippen LogP contribution in [0.5, 0.6) is 0 Å². The van der Waals surface area contributed by atoms with Crippen LogP contribution in [0.15, 0.2) is 108 Å². The second kappa shape index (κ2) is 17.5. The van der Waals surface area contributed by atoms with Crippen LogP contribution in [0, 0.1) is 30.8 Å². The van der Waals surface area contributed by atoms with E-state index < -0.39 is 27.2 Å². The fourth-order valence-electron chi connectivity index (χ4n) is 6.69. The molecule has 0 spiro atoms. The van der Waals surface area contributed by atoms with Crippen molar-refractivity contribution >= 4 is 35.2 Å². The Labute approximate surface area is 359 Å². The number of fused-ring (bicyclic) bond motifs is 3. The van der Waals surface area contributed by atoms with Crippen LogP contribution in [0.1, 0.15) is 91.8 Å². The van der Waals surface area contributed by atoms with Crippen molar-refractivity contribution in [3.05, 3.63) is 138 Å². The quantitative estimate of drug-likeness (QED) is 0.113. The molecule has 0 aliphatic heterocycles. The molecule has 3 nitrogen and oxygen atoms in total. The SMILES string of the molecule is [2H]C([2H])([2H])c1c[c-]c(-c2cc(C([2H])(C)C(C)C)c([Si](C)(C)C)cn2)cc1.[2H]C([2H])(c1ccnc(-c2[c-]ccc3c2oc2cc(-c4ccc(C(C)(C)C)cc4)ccc23)c1)C(C)C.[Ir]. The molecule has 0 N–H and O–H groups in total. The summed E-state index contributed by atoms with van der Waals surface area (Å²) in [6.45, 7) is 21.2.